The number of aromatic nitrogens is 3. The van der Waals surface area contributed by atoms with Gasteiger partial charge in [0, 0.05) is 49.4 Å². The smallest absolute Gasteiger partial charge is 0.173 e. The van der Waals surface area contributed by atoms with Gasteiger partial charge >= 0.3 is 0 Å². The lowest BCUT2D eigenvalue weighted by atomic mass is 10.0. The molecule has 0 amide bonds. The number of hydrogen-bond acceptors (Lipinski definition) is 7. The van der Waals surface area contributed by atoms with E-state index in [4.69, 9.17) is 24.2 Å². The van der Waals surface area contributed by atoms with Gasteiger partial charge in [-0.2, -0.15) is 0 Å². The normalized spacial score (nSPS) is 10.9. The third-order valence-corrected chi connectivity index (χ3v) is 5.19. The lowest BCUT2D eigenvalue weighted by Gasteiger charge is -2.15. The Labute approximate surface area is 193 Å². The standard InChI is InChI=1S/C26H26N4O3/c1-31-22-11-9-18(10-12-22)20-13-21(16-27-15-20)23-14-24(28-17-25(32-2)33-3)30-26(29-23)19-7-5-4-6-8-19/h4-16,25H,17H2,1-3H3,(H,28,29,30). The van der Waals surface area contributed by atoms with Crippen molar-refractivity contribution in [3.05, 3.63) is 79.1 Å². The van der Waals surface area contributed by atoms with Crippen LogP contribution in [0.3, 0.4) is 0 Å². The van der Waals surface area contributed by atoms with Gasteiger partial charge in [0.2, 0.25) is 0 Å². The van der Waals surface area contributed by atoms with E-state index in [0.717, 1.165) is 33.7 Å². The average Bonchev–Trinajstić information content (AvgIpc) is 2.90. The average molecular weight is 443 g/mol. The number of hydrogen-bond donors (Lipinski definition) is 1. The Kier molecular flexibility index (Phi) is 7.24. The fourth-order valence-electron chi connectivity index (χ4n) is 3.37. The van der Waals surface area contributed by atoms with Crippen LogP contribution in [-0.2, 0) is 9.47 Å². The zero-order valence-electron chi connectivity index (χ0n) is 18.9. The topological polar surface area (TPSA) is 78.4 Å². The second-order valence-electron chi connectivity index (χ2n) is 7.30. The van der Waals surface area contributed by atoms with Crippen LogP contribution >= 0.6 is 0 Å². The van der Waals surface area contributed by atoms with Gasteiger partial charge in [-0.05, 0) is 23.8 Å². The molecule has 4 aromatic rings. The Morgan fingerprint density at radius 1 is 0.758 bits per heavy atom. The third-order valence-electron chi connectivity index (χ3n) is 5.19. The molecule has 4 rings (SSSR count). The molecule has 2 heterocycles. The SMILES string of the molecule is COc1ccc(-c2cncc(-c3cc(NCC(OC)OC)nc(-c4ccccc4)n3)c2)cc1. The molecule has 0 saturated carbocycles. The summed E-state index contributed by atoms with van der Waals surface area (Å²) in [4.78, 5) is 14.0. The second kappa shape index (κ2) is 10.7. The Hall–Kier alpha value is -3.81. The van der Waals surface area contributed by atoms with Crippen molar-refractivity contribution < 1.29 is 14.2 Å². The van der Waals surface area contributed by atoms with E-state index in [1.807, 2.05) is 66.9 Å². The lowest BCUT2D eigenvalue weighted by Crippen LogP contribution is -2.24. The summed E-state index contributed by atoms with van der Waals surface area (Å²) in [5.41, 5.74) is 4.62. The molecule has 0 unspecified atom stereocenters. The number of nitrogens with zero attached hydrogens (tertiary/aromatic N) is 3. The van der Waals surface area contributed by atoms with Crippen molar-refractivity contribution >= 4 is 5.82 Å². The van der Waals surface area contributed by atoms with Gasteiger partial charge < -0.3 is 19.5 Å². The van der Waals surface area contributed by atoms with Crippen LogP contribution in [0.15, 0.2) is 79.1 Å². The maximum atomic E-state index is 5.29. The predicted octanol–water partition coefficient (Wildman–Crippen LogP) is 4.91. The second-order valence-corrected chi connectivity index (χ2v) is 7.30. The van der Waals surface area contributed by atoms with Crippen molar-refractivity contribution in [3.63, 3.8) is 0 Å². The number of ether oxygens (including phenoxy) is 3. The van der Waals surface area contributed by atoms with Crippen LogP contribution in [0.1, 0.15) is 0 Å². The van der Waals surface area contributed by atoms with Gasteiger partial charge in [-0.25, -0.2) is 9.97 Å². The van der Waals surface area contributed by atoms with Gasteiger partial charge in [-0.15, -0.1) is 0 Å². The summed E-state index contributed by atoms with van der Waals surface area (Å²) >= 11 is 0. The molecule has 1 N–H and O–H groups in total. The summed E-state index contributed by atoms with van der Waals surface area (Å²) < 4.78 is 15.8. The molecule has 0 aliphatic rings. The van der Waals surface area contributed by atoms with Crippen LogP contribution < -0.4 is 10.1 Å². The fourth-order valence-corrected chi connectivity index (χ4v) is 3.37. The minimum Gasteiger partial charge on any atom is -0.497 e. The number of anilines is 1. The van der Waals surface area contributed by atoms with E-state index in [0.29, 0.717) is 18.2 Å². The Bertz CT molecular complexity index is 1180. The number of pyridine rings is 1. The molecule has 0 fully saturated rings. The zero-order chi connectivity index (χ0) is 23.0. The highest BCUT2D eigenvalue weighted by atomic mass is 16.7. The molecule has 2 aromatic heterocycles. The van der Waals surface area contributed by atoms with Gasteiger partial charge in [0.05, 0.1) is 19.3 Å². The molecule has 168 valence electrons. The molecule has 7 heteroatoms. The van der Waals surface area contributed by atoms with Gasteiger partial charge in [0.15, 0.2) is 12.1 Å². The Morgan fingerprint density at radius 3 is 2.18 bits per heavy atom. The van der Waals surface area contributed by atoms with Crippen molar-refractivity contribution in [1.82, 2.24) is 15.0 Å². The molecule has 0 spiro atoms. The van der Waals surface area contributed by atoms with Crippen LogP contribution in [-0.4, -0.2) is 49.1 Å². The summed E-state index contributed by atoms with van der Waals surface area (Å²) in [5, 5.41) is 3.29. The third kappa shape index (κ3) is 5.52. The monoisotopic (exact) mass is 442 g/mol. The summed E-state index contributed by atoms with van der Waals surface area (Å²) in [6, 6.07) is 21.8. The molecule has 0 aliphatic carbocycles. The molecule has 7 nitrogen and oxygen atoms in total. The zero-order valence-corrected chi connectivity index (χ0v) is 18.9. The van der Waals surface area contributed by atoms with Crippen molar-refractivity contribution in [2.45, 2.75) is 6.29 Å². The number of rotatable bonds is 9. The number of methoxy groups -OCH3 is 3. The first-order valence-electron chi connectivity index (χ1n) is 10.5. The molecule has 0 bridgehead atoms. The highest BCUT2D eigenvalue weighted by Gasteiger charge is 2.12. The van der Waals surface area contributed by atoms with Crippen molar-refractivity contribution in [2.24, 2.45) is 0 Å². The molecule has 0 aliphatic heterocycles. The van der Waals surface area contributed by atoms with E-state index in [1.54, 1.807) is 27.5 Å². The van der Waals surface area contributed by atoms with E-state index in [-0.39, 0.29) is 6.29 Å². The van der Waals surface area contributed by atoms with Crippen molar-refractivity contribution in [2.75, 3.05) is 33.2 Å². The van der Waals surface area contributed by atoms with Crippen LogP contribution in [0.5, 0.6) is 5.75 Å². The van der Waals surface area contributed by atoms with Crippen molar-refractivity contribution in [3.8, 4) is 39.5 Å². The number of nitrogens with one attached hydrogen (secondary N) is 1. The molecule has 0 atom stereocenters. The van der Waals surface area contributed by atoms with Gasteiger partial charge in [-0.3, -0.25) is 4.98 Å². The van der Waals surface area contributed by atoms with Crippen LogP contribution in [0.2, 0.25) is 0 Å². The van der Waals surface area contributed by atoms with E-state index >= 15 is 0 Å². The highest BCUT2D eigenvalue weighted by Crippen LogP contribution is 2.28. The van der Waals surface area contributed by atoms with Gasteiger partial charge in [-0.1, -0.05) is 42.5 Å². The summed E-state index contributed by atoms with van der Waals surface area (Å²) in [5.74, 6) is 2.11. The maximum absolute atomic E-state index is 5.29. The van der Waals surface area contributed by atoms with Crippen LogP contribution in [0.4, 0.5) is 5.82 Å². The molecular weight excluding hydrogens is 416 g/mol. The largest absolute Gasteiger partial charge is 0.497 e. The van der Waals surface area contributed by atoms with Gasteiger partial charge in [0.25, 0.3) is 0 Å². The lowest BCUT2D eigenvalue weighted by molar-refractivity contribution is -0.0914. The molecular formula is C26H26N4O3. The number of benzene rings is 2. The first-order valence-corrected chi connectivity index (χ1v) is 10.5. The van der Waals surface area contributed by atoms with Gasteiger partial charge in [0.1, 0.15) is 11.6 Å². The van der Waals surface area contributed by atoms with Crippen LogP contribution in [0, 0.1) is 0 Å². The first kappa shape index (κ1) is 22.4. The highest BCUT2D eigenvalue weighted by molar-refractivity contribution is 5.73. The summed E-state index contributed by atoms with van der Waals surface area (Å²) in [6.45, 7) is 0.446. The molecule has 0 saturated heterocycles. The summed E-state index contributed by atoms with van der Waals surface area (Å²) in [7, 11) is 4.86. The maximum Gasteiger partial charge on any atom is 0.173 e. The minimum absolute atomic E-state index is 0.386. The minimum atomic E-state index is -0.386. The summed E-state index contributed by atoms with van der Waals surface area (Å²) in [6.07, 6.45) is 3.26. The molecule has 0 radical (unpaired) electrons. The van der Waals surface area contributed by atoms with E-state index < -0.39 is 0 Å². The fraction of sp³-hybridized carbons (Fsp3) is 0.192. The van der Waals surface area contributed by atoms with E-state index in [9.17, 15) is 0 Å². The molecule has 33 heavy (non-hydrogen) atoms. The van der Waals surface area contributed by atoms with Crippen molar-refractivity contribution in [1.29, 1.82) is 0 Å². The van der Waals surface area contributed by atoms with Crippen LogP contribution in [0.25, 0.3) is 33.8 Å². The van der Waals surface area contributed by atoms with E-state index in [1.165, 1.54) is 0 Å². The Balaban J connectivity index is 1.72. The quantitative estimate of drug-likeness (QED) is 0.369. The predicted molar refractivity (Wildman–Crippen MR) is 129 cm³/mol. The Morgan fingerprint density at radius 2 is 1.48 bits per heavy atom. The van der Waals surface area contributed by atoms with E-state index in [2.05, 4.69) is 16.4 Å². The molecule has 2 aromatic carbocycles. The first-order chi connectivity index (χ1) is 16.2.